The summed E-state index contributed by atoms with van der Waals surface area (Å²) in [7, 11) is -2.28. The van der Waals surface area contributed by atoms with Crippen molar-refractivity contribution in [2.45, 2.75) is 13.0 Å². The van der Waals surface area contributed by atoms with E-state index in [-0.39, 0.29) is 20.8 Å². The van der Waals surface area contributed by atoms with Crippen LogP contribution in [0.3, 0.4) is 0 Å². The normalized spacial score (nSPS) is 12.4. The highest BCUT2D eigenvalue weighted by atomic mass is 35.5. The fraction of sp³-hybridized carbons (Fsp3) is 0.278. The van der Waals surface area contributed by atoms with Gasteiger partial charge < -0.3 is 10.1 Å². The predicted molar refractivity (Wildman–Crippen MR) is 113 cm³/mol. The number of anilines is 1. The second kappa shape index (κ2) is 9.22. The summed E-state index contributed by atoms with van der Waals surface area (Å²) in [6, 6.07) is 9.45. The smallest absolute Gasteiger partial charge is 0.241 e. The number of nitrogens with one attached hydrogen (secondary N) is 1. The van der Waals surface area contributed by atoms with Gasteiger partial charge in [-0.15, -0.1) is 0 Å². The molecule has 0 unspecified atom stereocenters. The number of sulfonamides is 1. The maximum atomic E-state index is 12.6. The number of para-hydroxylation sites is 1. The number of carbonyl (C=O) groups excluding carboxylic acids is 1. The minimum absolute atomic E-state index is 0.0606. The molecule has 0 radical (unpaired) electrons. The van der Waals surface area contributed by atoms with Crippen molar-refractivity contribution in [1.29, 1.82) is 0 Å². The topological polar surface area (TPSA) is 75.7 Å². The average Bonchev–Trinajstić information content (AvgIpc) is 2.62. The molecule has 2 aromatic carbocycles. The molecule has 0 spiro atoms. The first kappa shape index (κ1) is 22.6. The number of amides is 1. The standard InChI is InChI=1S/C18H19Cl3N2O4S/c1-11(12-6-4-5-7-17(12)27-2)22-18(24)10-23(28(3,25)26)16-9-14(20)13(19)8-15(16)21/h4-9,11H,10H2,1-3H3,(H,22,24)/t11-/m1/s1. The zero-order valence-corrected chi connectivity index (χ0v) is 18.5. The number of halogens is 3. The van der Waals surface area contributed by atoms with Gasteiger partial charge in [-0.25, -0.2) is 8.42 Å². The van der Waals surface area contributed by atoms with E-state index in [9.17, 15) is 13.2 Å². The molecule has 6 nitrogen and oxygen atoms in total. The lowest BCUT2D eigenvalue weighted by atomic mass is 10.1. The molecule has 152 valence electrons. The van der Waals surface area contributed by atoms with Crippen LogP contribution in [0.2, 0.25) is 15.1 Å². The van der Waals surface area contributed by atoms with Gasteiger partial charge in [0.15, 0.2) is 0 Å². The van der Waals surface area contributed by atoms with Gasteiger partial charge in [0.05, 0.1) is 40.2 Å². The lowest BCUT2D eigenvalue weighted by Crippen LogP contribution is -2.41. The van der Waals surface area contributed by atoms with Crippen LogP contribution in [-0.2, 0) is 14.8 Å². The van der Waals surface area contributed by atoms with E-state index in [1.54, 1.807) is 13.0 Å². The van der Waals surface area contributed by atoms with E-state index in [4.69, 9.17) is 39.5 Å². The van der Waals surface area contributed by atoms with E-state index in [1.165, 1.54) is 19.2 Å². The summed E-state index contributed by atoms with van der Waals surface area (Å²) in [5, 5.41) is 3.12. The molecule has 0 heterocycles. The van der Waals surface area contributed by atoms with Crippen LogP contribution in [0.4, 0.5) is 5.69 Å². The second-order valence-electron chi connectivity index (χ2n) is 6.02. The third-order valence-electron chi connectivity index (χ3n) is 3.93. The molecule has 0 bridgehead atoms. The van der Waals surface area contributed by atoms with E-state index in [0.717, 1.165) is 16.1 Å². The largest absolute Gasteiger partial charge is 0.496 e. The number of benzene rings is 2. The molecule has 1 amide bonds. The monoisotopic (exact) mass is 464 g/mol. The number of carbonyl (C=O) groups is 1. The van der Waals surface area contributed by atoms with Crippen molar-refractivity contribution < 1.29 is 17.9 Å². The van der Waals surface area contributed by atoms with Crippen molar-refractivity contribution in [3.63, 3.8) is 0 Å². The first-order valence-corrected chi connectivity index (χ1v) is 11.1. The predicted octanol–water partition coefficient (Wildman–Crippen LogP) is 4.30. The fourth-order valence-corrected chi connectivity index (χ4v) is 4.16. The molecule has 1 atom stereocenters. The Morgan fingerprint density at radius 1 is 1.14 bits per heavy atom. The highest BCUT2D eigenvalue weighted by Gasteiger charge is 2.25. The van der Waals surface area contributed by atoms with E-state index in [1.807, 2.05) is 18.2 Å². The van der Waals surface area contributed by atoms with Gasteiger partial charge in [0.2, 0.25) is 15.9 Å². The van der Waals surface area contributed by atoms with Gasteiger partial charge >= 0.3 is 0 Å². The van der Waals surface area contributed by atoms with Crippen LogP contribution in [0.1, 0.15) is 18.5 Å². The van der Waals surface area contributed by atoms with Crippen LogP contribution in [0.25, 0.3) is 0 Å². The number of hydrogen-bond acceptors (Lipinski definition) is 4. The molecule has 0 fully saturated rings. The Morgan fingerprint density at radius 3 is 2.36 bits per heavy atom. The van der Waals surface area contributed by atoms with Crippen molar-refractivity contribution in [3.8, 4) is 5.75 Å². The quantitative estimate of drug-likeness (QED) is 0.619. The van der Waals surface area contributed by atoms with Gasteiger partial charge in [0.25, 0.3) is 0 Å². The molecule has 0 aliphatic heterocycles. The molecule has 2 rings (SSSR count). The average molecular weight is 466 g/mol. The number of nitrogens with zero attached hydrogens (tertiary/aromatic N) is 1. The highest BCUT2D eigenvalue weighted by Crippen LogP contribution is 2.35. The van der Waals surface area contributed by atoms with Gasteiger partial charge in [-0.1, -0.05) is 53.0 Å². The van der Waals surface area contributed by atoms with Crippen molar-refractivity contribution in [2.24, 2.45) is 0 Å². The van der Waals surface area contributed by atoms with Gasteiger partial charge in [-0.05, 0) is 25.1 Å². The molecule has 0 saturated carbocycles. The Kier molecular flexibility index (Phi) is 7.45. The third kappa shape index (κ3) is 5.44. The van der Waals surface area contributed by atoms with Gasteiger partial charge in [0, 0.05) is 5.56 Å². The van der Waals surface area contributed by atoms with Crippen LogP contribution in [-0.4, -0.2) is 34.2 Å². The second-order valence-corrected chi connectivity index (χ2v) is 9.15. The van der Waals surface area contributed by atoms with E-state index in [2.05, 4.69) is 5.32 Å². The van der Waals surface area contributed by atoms with E-state index >= 15 is 0 Å². The molecular formula is C18H19Cl3N2O4S. The Balaban J connectivity index is 2.26. The molecule has 1 N–H and O–H groups in total. The van der Waals surface area contributed by atoms with Crippen LogP contribution < -0.4 is 14.4 Å². The first-order valence-electron chi connectivity index (χ1n) is 8.09. The highest BCUT2D eigenvalue weighted by molar-refractivity contribution is 7.92. The van der Waals surface area contributed by atoms with Gasteiger partial charge in [0.1, 0.15) is 12.3 Å². The fourth-order valence-electron chi connectivity index (χ4n) is 2.60. The minimum Gasteiger partial charge on any atom is -0.496 e. The molecule has 10 heteroatoms. The van der Waals surface area contributed by atoms with Crippen molar-refractivity contribution in [2.75, 3.05) is 24.2 Å². The summed E-state index contributed by atoms with van der Waals surface area (Å²) in [4.78, 5) is 12.6. The molecule has 0 saturated heterocycles. The zero-order chi connectivity index (χ0) is 21.1. The molecule has 0 aromatic heterocycles. The molecule has 0 aliphatic carbocycles. The summed E-state index contributed by atoms with van der Waals surface area (Å²) >= 11 is 18.0. The Labute approximate surface area is 179 Å². The summed E-state index contributed by atoms with van der Waals surface area (Å²) in [5.41, 5.74) is 0.829. The Morgan fingerprint density at radius 2 is 1.75 bits per heavy atom. The SMILES string of the molecule is COc1ccccc1[C@@H](C)NC(=O)CN(c1cc(Cl)c(Cl)cc1Cl)S(C)(=O)=O. The lowest BCUT2D eigenvalue weighted by Gasteiger charge is -2.25. The number of methoxy groups -OCH3 is 1. The van der Waals surface area contributed by atoms with Crippen molar-refractivity contribution in [3.05, 3.63) is 57.0 Å². The van der Waals surface area contributed by atoms with E-state index in [0.29, 0.717) is 5.75 Å². The summed E-state index contributed by atoms with van der Waals surface area (Å²) in [6.45, 7) is 1.29. The third-order valence-corrected chi connectivity index (χ3v) is 6.08. The summed E-state index contributed by atoms with van der Waals surface area (Å²) in [6.07, 6.45) is 0.975. The summed E-state index contributed by atoms with van der Waals surface area (Å²) < 4.78 is 30.7. The van der Waals surface area contributed by atoms with Crippen LogP contribution in [0.15, 0.2) is 36.4 Å². The zero-order valence-electron chi connectivity index (χ0n) is 15.4. The molecular weight excluding hydrogens is 447 g/mol. The van der Waals surface area contributed by atoms with Crippen molar-refractivity contribution in [1.82, 2.24) is 5.32 Å². The van der Waals surface area contributed by atoms with Crippen LogP contribution >= 0.6 is 34.8 Å². The number of hydrogen-bond donors (Lipinski definition) is 1. The Hall–Kier alpha value is -1.67. The van der Waals surface area contributed by atoms with Gasteiger partial charge in [-0.3, -0.25) is 9.10 Å². The number of rotatable bonds is 7. The summed E-state index contributed by atoms with van der Waals surface area (Å²) in [5.74, 6) is 0.0915. The van der Waals surface area contributed by atoms with Crippen molar-refractivity contribution >= 4 is 56.4 Å². The molecule has 28 heavy (non-hydrogen) atoms. The minimum atomic E-state index is -3.82. The van der Waals surface area contributed by atoms with E-state index < -0.39 is 28.5 Å². The van der Waals surface area contributed by atoms with Gasteiger partial charge in [-0.2, -0.15) is 0 Å². The first-order chi connectivity index (χ1) is 13.0. The van der Waals surface area contributed by atoms with Crippen LogP contribution in [0.5, 0.6) is 5.75 Å². The lowest BCUT2D eigenvalue weighted by molar-refractivity contribution is -0.120. The maximum Gasteiger partial charge on any atom is 0.241 e. The number of ether oxygens (including phenoxy) is 1. The van der Waals surface area contributed by atoms with Crippen LogP contribution in [0, 0.1) is 0 Å². The molecule has 2 aromatic rings. The maximum absolute atomic E-state index is 12.6. The molecule has 0 aliphatic rings. The Bertz CT molecular complexity index is 983.